The lowest BCUT2D eigenvalue weighted by Gasteiger charge is -2.04. The first kappa shape index (κ1) is 16.9. The van der Waals surface area contributed by atoms with Crippen molar-refractivity contribution >= 4 is 29.0 Å². The normalized spacial score (nSPS) is 11.3. The van der Waals surface area contributed by atoms with Gasteiger partial charge in [0.15, 0.2) is 16.6 Å². The van der Waals surface area contributed by atoms with Gasteiger partial charge in [0.1, 0.15) is 0 Å². The van der Waals surface area contributed by atoms with E-state index >= 15 is 0 Å². The highest BCUT2D eigenvalue weighted by Gasteiger charge is 2.12. The van der Waals surface area contributed by atoms with Gasteiger partial charge in [-0.2, -0.15) is 0 Å². The summed E-state index contributed by atoms with van der Waals surface area (Å²) >= 11 is 7.46. The topological polar surface area (TPSA) is 70.0 Å². The molecule has 0 saturated heterocycles. The molecule has 0 N–H and O–H groups in total. The number of pyridine rings is 1. The summed E-state index contributed by atoms with van der Waals surface area (Å²) in [6, 6.07) is 13.0. The lowest BCUT2D eigenvalue weighted by Crippen LogP contribution is -2.22. The van der Waals surface area contributed by atoms with Crippen LogP contribution in [0.4, 0.5) is 0 Å². The molecule has 26 heavy (non-hydrogen) atoms. The quantitative estimate of drug-likeness (QED) is 0.493. The number of fused-ring (bicyclic) bond motifs is 1. The smallest absolute Gasteiger partial charge is 0.305 e. The van der Waals surface area contributed by atoms with Crippen LogP contribution in [0.5, 0.6) is 0 Å². The molecule has 4 rings (SSSR count). The van der Waals surface area contributed by atoms with E-state index in [1.807, 2.05) is 54.1 Å². The second-order valence-corrected chi connectivity index (χ2v) is 7.15. The number of nitrogens with zero attached hydrogens (tertiary/aromatic N) is 6. The lowest BCUT2D eigenvalue weighted by atomic mass is 10.2. The minimum atomic E-state index is -0.138. The third kappa shape index (κ3) is 3.13. The van der Waals surface area contributed by atoms with Crippen LogP contribution in [-0.2, 0) is 13.6 Å². The van der Waals surface area contributed by atoms with E-state index in [0.29, 0.717) is 23.0 Å². The van der Waals surface area contributed by atoms with E-state index in [-0.39, 0.29) is 5.69 Å². The van der Waals surface area contributed by atoms with Gasteiger partial charge in [-0.1, -0.05) is 29.4 Å². The summed E-state index contributed by atoms with van der Waals surface area (Å²) in [5, 5.41) is 14.3. The van der Waals surface area contributed by atoms with Crippen molar-refractivity contribution in [2.45, 2.75) is 11.7 Å². The molecule has 4 aromatic rings. The zero-order chi connectivity index (χ0) is 18.1. The van der Waals surface area contributed by atoms with Crippen molar-refractivity contribution in [3.63, 3.8) is 0 Å². The monoisotopic (exact) mass is 386 g/mol. The predicted molar refractivity (Wildman–Crippen MR) is 102 cm³/mol. The van der Waals surface area contributed by atoms with Crippen LogP contribution in [0, 0.1) is 0 Å². The van der Waals surface area contributed by atoms with Crippen LogP contribution in [0.1, 0.15) is 0 Å². The Balaban J connectivity index is 1.47. The Morgan fingerprint density at radius 1 is 1.12 bits per heavy atom. The Hall–Kier alpha value is -2.58. The molecule has 0 aliphatic rings. The Morgan fingerprint density at radius 2 is 1.92 bits per heavy atom. The second kappa shape index (κ2) is 6.97. The number of hydrogen-bond acceptors (Lipinski definition) is 5. The molecule has 7 nitrogen and oxygen atoms in total. The van der Waals surface area contributed by atoms with Gasteiger partial charge in [-0.3, -0.25) is 4.40 Å². The molecule has 0 spiro atoms. The summed E-state index contributed by atoms with van der Waals surface area (Å²) in [5.41, 5.74) is 1.46. The molecule has 0 aliphatic carbocycles. The predicted octanol–water partition coefficient (Wildman–Crippen LogP) is 2.74. The van der Waals surface area contributed by atoms with Gasteiger partial charge in [0.05, 0.1) is 6.54 Å². The summed E-state index contributed by atoms with van der Waals surface area (Å²) in [6.45, 7) is 0.494. The van der Waals surface area contributed by atoms with Crippen LogP contribution in [0.3, 0.4) is 0 Å². The van der Waals surface area contributed by atoms with E-state index in [4.69, 9.17) is 11.6 Å². The van der Waals surface area contributed by atoms with Crippen molar-refractivity contribution in [3.05, 3.63) is 64.2 Å². The van der Waals surface area contributed by atoms with E-state index in [1.54, 1.807) is 6.20 Å². The SMILES string of the molecule is Cn1c(SCCn2nc3ccccn3c2=O)nnc1-c1ccc(Cl)cc1. The number of rotatable bonds is 5. The third-order valence-corrected chi connectivity index (χ3v) is 5.21. The number of aromatic nitrogens is 6. The standard InChI is InChI=1S/C17H15ClN6OS/c1-22-15(12-5-7-13(18)8-6-12)19-20-16(22)26-11-10-24-17(25)23-9-3-2-4-14(23)21-24/h2-9H,10-11H2,1H3. The zero-order valence-electron chi connectivity index (χ0n) is 13.9. The molecule has 0 bridgehead atoms. The van der Waals surface area contributed by atoms with Crippen LogP contribution < -0.4 is 5.69 Å². The third-order valence-electron chi connectivity index (χ3n) is 3.96. The van der Waals surface area contributed by atoms with Crippen molar-refractivity contribution in [2.24, 2.45) is 7.05 Å². The molecule has 0 unspecified atom stereocenters. The Labute approximate surface area is 158 Å². The van der Waals surface area contributed by atoms with Crippen LogP contribution in [0.25, 0.3) is 17.0 Å². The zero-order valence-corrected chi connectivity index (χ0v) is 15.5. The molecule has 0 saturated carbocycles. The highest BCUT2D eigenvalue weighted by atomic mass is 35.5. The highest BCUT2D eigenvalue weighted by molar-refractivity contribution is 7.99. The molecule has 0 atom stereocenters. The van der Waals surface area contributed by atoms with Crippen LogP contribution in [0.2, 0.25) is 5.02 Å². The van der Waals surface area contributed by atoms with E-state index < -0.39 is 0 Å². The fraction of sp³-hybridized carbons (Fsp3) is 0.176. The van der Waals surface area contributed by atoms with Gasteiger partial charge in [0.2, 0.25) is 0 Å². The Kier molecular flexibility index (Phi) is 4.52. The van der Waals surface area contributed by atoms with E-state index in [9.17, 15) is 4.79 Å². The first-order valence-electron chi connectivity index (χ1n) is 7.96. The van der Waals surface area contributed by atoms with Gasteiger partial charge in [0.25, 0.3) is 0 Å². The molecule has 0 aliphatic heterocycles. The van der Waals surface area contributed by atoms with Crippen molar-refractivity contribution in [1.82, 2.24) is 28.9 Å². The van der Waals surface area contributed by atoms with Gasteiger partial charge in [-0.15, -0.1) is 15.3 Å². The fourth-order valence-electron chi connectivity index (χ4n) is 2.63. The summed E-state index contributed by atoms with van der Waals surface area (Å²) in [4.78, 5) is 12.3. The maximum Gasteiger partial charge on any atom is 0.350 e. The number of thioether (sulfide) groups is 1. The first-order chi connectivity index (χ1) is 12.6. The average molecular weight is 387 g/mol. The largest absolute Gasteiger partial charge is 0.350 e. The molecule has 3 heterocycles. The summed E-state index contributed by atoms with van der Waals surface area (Å²) in [7, 11) is 1.92. The van der Waals surface area contributed by atoms with E-state index in [0.717, 1.165) is 16.5 Å². The molecule has 132 valence electrons. The van der Waals surface area contributed by atoms with Gasteiger partial charge in [-0.05, 0) is 36.4 Å². The van der Waals surface area contributed by atoms with Crippen LogP contribution >= 0.6 is 23.4 Å². The van der Waals surface area contributed by atoms with Gasteiger partial charge >= 0.3 is 5.69 Å². The summed E-state index contributed by atoms with van der Waals surface area (Å²) in [6.07, 6.45) is 1.72. The molecule has 0 fully saturated rings. The Morgan fingerprint density at radius 3 is 2.69 bits per heavy atom. The number of hydrogen-bond donors (Lipinski definition) is 0. The minimum absolute atomic E-state index is 0.138. The van der Waals surface area contributed by atoms with Gasteiger partial charge < -0.3 is 4.57 Å². The van der Waals surface area contributed by atoms with Crippen molar-refractivity contribution in [3.8, 4) is 11.4 Å². The van der Waals surface area contributed by atoms with E-state index in [1.165, 1.54) is 20.8 Å². The summed E-state index contributed by atoms with van der Waals surface area (Å²) in [5.74, 6) is 1.44. The first-order valence-corrected chi connectivity index (χ1v) is 9.32. The Bertz CT molecular complexity index is 1110. The fourth-order valence-corrected chi connectivity index (χ4v) is 3.58. The molecule has 1 aromatic carbocycles. The van der Waals surface area contributed by atoms with Crippen molar-refractivity contribution < 1.29 is 0 Å². The molecule has 0 radical (unpaired) electrons. The maximum absolute atomic E-state index is 12.3. The van der Waals surface area contributed by atoms with Crippen LogP contribution in [0.15, 0.2) is 58.6 Å². The number of benzene rings is 1. The molecule has 0 amide bonds. The van der Waals surface area contributed by atoms with Gasteiger partial charge in [-0.25, -0.2) is 9.48 Å². The molecule has 9 heteroatoms. The number of aryl methyl sites for hydroxylation is 1. The molecular weight excluding hydrogens is 372 g/mol. The minimum Gasteiger partial charge on any atom is -0.305 e. The van der Waals surface area contributed by atoms with Gasteiger partial charge in [0, 0.05) is 29.6 Å². The second-order valence-electron chi connectivity index (χ2n) is 5.66. The lowest BCUT2D eigenvalue weighted by molar-refractivity contribution is 0.638. The molecule has 3 aromatic heterocycles. The van der Waals surface area contributed by atoms with Crippen LogP contribution in [-0.4, -0.2) is 34.7 Å². The van der Waals surface area contributed by atoms with Crippen molar-refractivity contribution in [2.75, 3.05) is 5.75 Å². The summed E-state index contributed by atoms with van der Waals surface area (Å²) < 4.78 is 4.94. The maximum atomic E-state index is 12.3. The highest BCUT2D eigenvalue weighted by Crippen LogP contribution is 2.23. The average Bonchev–Trinajstić information content (AvgIpc) is 3.17. The van der Waals surface area contributed by atoms with Crippen molar-refractivity contribution in [1.29, 1.82) is 0 Å². The molecular formula is C17H15ClN6OS. The van der Waals surface area contributed by atoms with E-state index in [2.05, 4.69) is 15.3 Å². The number of halogens is 1.